The monoisotopic (exact) mass is 368 g/mol. The number of hydrogen-bond acceptors (Lipinski definition) is 8. The molecule has 0 aliphatic carbocycles. The van der Waals surface area contributed by atoms with E-state index in [1.165, 1.54) is 0 Å². The molecule has 1 aliphatic rings. The molecule has 0 bridgehead atoms. The maximum absolute atomic E-state index is 11.3. The molecule has 1 atom stereocenters. The number of nitro groups is 1. The molecule has 0 saturated carbocycles. The van der Waals surface area contributed by atoms with Gasteiger partial charge in [0.25, 0.3) is 5.69 Å². The lowest BCUT2D eigenvalue weighted by atomic mass is 10.1. The van der Waals surface area contributed by atoms with Gasteiger partial charge in [0.05, 0.1) is 16.4 Å². The first kappa shape index (κ1) is 17.3. The van der Waals surface area contributed by atoms with Crippen molar-refractivity contribution in [3.8, 4) is 0 Å². The lowest BCUT2D eigenvalue weighted by molar-refractivity contribution is -0.383. The van der Waals surface area contributed by atoms with Gasteiger partial charge in [-0.25, -0.2) is 0 Å². The zero-order valence-corrected chi connectivity index (χ0v) is 15.2. The summed E-state index contributed by atoms with van der Waals surface area (Å²) in [6.07, 6.45) is 3.24. The minimum absolute atomic E-state index is 0.0613. The Morgan fingerprint density at radius 3 is 2.63 bits per heavy atom. The van der Waals surface area contributed by atoms with E-state index in [-0.39, 0.29) is 16.7 Å². The lowest BCUT2D eigenvalue weighted by Gasteiger charge is -2.38. The molecule has 1 aromatic carbocycles. The summed E-state index contributed by atoms with van der Waals surface area (Å²) in [5, 5.41) is 16.6. The van der Waals surface area contributed by atoms with Gasteiger partial charge in [0, 0.05) is 55.7 Å². The summed E-state index contributed by atoms with van der Waals surface area (Å²) < 4.78 is 5.30. The van der Waals surface area contributed by atoms with Crippen LogP contribution in [0.5, 0.6) is 0 Å². The molecule has 1 aliphatic heterocycles. The molecule has 27 heavy (non-hydrogen) atoms. The molecular weight excluding hydrogens is 348 g/mol. The summed E-state index contributed by atoms with van der Waals surface area (Å²) in [4.78, 5) is 23.9. The summed E-state index contributed by atoms with van der Waals surface area (Å²) in [6.45, 7) is 7.18. The van der Waals surface area contributed by atoms with E-state index in [4.69, 9.17) is 4.52 Å². The van der Waals surface area contributed by atoms with Crippen LogP contribution < -0.4 is 4.90 Å². The molecule has 4 rings (SSSR count). The molecule has 140 valence electrons. The Balaban J connectivity index is 1.55. The number of fused-ring (bicyclic) bond motifs is 1. The summed E-state index contributed by atoms with van der Waals surface area (Å²) in [6, 6.07) is 5.30. The predicted octanol–water partition coefficient (Wildman–Crippen LogP) is 2.72. The lowest BCUT2D eigenvalue weighted by Crippen LogP contribution is -2.47. The van der Waals surface area contributed by atoms with E-state index in [9.17, 15) is 10.1 Å². The van der Waals surface area contributed by atoms with Gasteiger partial charge in [-0.2, -0.15) is 4.98 Å². The third-order valence-corrected chi connectivity index (χ3v) is 5.07. The maximum atomic E-state index is 11.3. The van der Waals surface area contributed by atoms with Crippen LogP contribution in [0.15, 0.2) is 35.1 Å². The number of nitrogens with zero attached hydrogens (tertiary/aromatic N) is 6. The van der Waals surface area contributed by atoms with Crippen molar-refractivity contribution < 1.29 is 9.45 Å². The van der Waals surface area contributed by atoms with Crippen LogP contribution >= 0.6 is 0 Å². The standard InChI is InChI=1S/C18H20N6O3/c1-12(18-20-13(2)21-27-18)22-7-9-23(10-8-22)16-3-4-17(24(25)26)15-11-19-6-5-14(15)16/h3-6,11-12H,7-10H2,1-2H3. The molecule has 1 fully saturated rings. The molecule has 3 heterocycles. The number of non-ortho nitro benzene ring substituents is 1. The highest BCUT2D eigenvalue weighted by molar-refractivity contribution is 5.99. The molecule has 0 radical (unpaired) electrons. The Hall–Kier alpha value is -3.07. The smallest absolute Gasteiger partial charge is 0.278 e. The average Bonchev–Trinajstić information content (AvgIpc) is 3.13. The summed E-state index contributed by atoms with van der Waals surface area (Å²) in [5.74, 6) is 1.27. The quantitative estimate of drug-likeness (QED) is 0.512. The molecule has 1 unspecified atom stereocenters. The van der Waals surface area contributed by atoms with Crippen LogP contribution in [0.25, 0.3) is 10.8 Å². The number of benzene rings is 1. The van der Waals surface area contributed by atoms with Crippen molar-refractivity contribution in [1.82, 2.24) is 20.0 Å². The Labute approximate surface area is 155 Å². The second kappa shape index (κ2) is 6.92. The number of piperazine rings is 1. The Morgan fingerprint density at radius 1 is 1.19 bits per heavy atom. The van der Waals surface area contributed by atoms with E-state index in [0.29, 0.717) is 17.1 Å². The average molecular weight is 368 g/mol. The summed E-state index contributed by atoms with van der Waals surface area (Å²) in [5.41, 5.74) is 1.08. The number of aryl methyl sites for hydroxylation is 1. The molecule has 0 amide bonds. The van der Waals surface area contributed by atoms with Gasteiger partial charge < -0.3 is 9.42 Å². The van der Waals surface area contributed by atoms with Gasteiger partial charge in [-0.15, -0.1) is 0 Å². The first-order valence-corrected chi connectivity index (χ1v) is 8.85. The number of nitro benzene ring substituents is 1. The predicted molar refractivity (Wildman–Crippen MR) is 99.6 cm³/mol. The van der Waals surface area contributed by atoms with E-state index in [1.54, 1.807) is 18.5 Å². The second-order valence-electron chi connectivity index (χ2n) is 6.66. The summed E-state index contributed by atoms with van der Waals surface area (Å²) in [7, 11) is 0. The van der Waals surface area contributed by atoms with Crippen molar-refractivity contribution in [3.05, 3.63) is 52.4 Å². The van der Waals surface area contributed by atoms with E-state index in [2.05, 4.69) is 31.8 Å². The van der Waals surface area contributed by atoms with E-state index in [0.717, 1.165) is 37.3 Å². The van der Waals surface area contributed by atoms with Crippen LogP contribution in [-0.2, 0) is 0 Å². The molecule has 2 aromatic heterocycles. The van der Waals surface area contributed by atoms with Crippen molar-refractivity contribution in [1.29, 1.82) is 0 Å². The van der Waals surface area contributed by atoms with Crippen molar-refractivity contribution >= 4 is 22.1 Å². The van der Waals surface area contributed by atoms with Crippen molar-refractivity contribution in [3.63, 3.8) is 0 Å². The number of anilines is 1. The largest absolute Gasteiger partial charge is 0.368 e. The normalized spacial score (nSPS) is 16.6. The van der Waals surface area contributed by atoms with E-state index < -0.39 is 0 Å². The van der Waals surface area contributed by atoms with Crippen molar-refractivity contribution in [2.24, 2.45) is 0 Å². The third-order valence-electron chi connectivity index (χ3n) is 5.07. The number of rotatable bonds is 4. The van der Waals surface area contributed by atoms with Gasteiger partial charge in [-0.3, -0.25) is 20.0 Å². The van der Waals surface area contributed by atoms with Crippen LogP contribution in [0.3, 0.4) is 0 Å². The number of pyridine rings is 1. The Morgan fingerprint density at radius 2 is 1.96 bits per heavy atom. The fourth-order valence-corrected chi connectivity index (χ4v) is 3.58. The van der Waals surface area contributed by atoms with Gasteiger partial charge in [0.1, 0.15) is 0 Å². The minimum Gasteiger partial charge on any atom is -0.368 e. The highest BCUT2D eigenvalue weighted by Crippen LogP contribution is 2.34. The molecule has 1 saturated heterocycles. The van der Waals surface area contributed by atoms with Crippen LogP contribution in [0.2, 0.25) is 0 Å². The molecule has 0 spiro atoms. The van der Waals surface area contributed by atoms with Gasteiger partial charge >= 0.3 is 0 Å². The minimum atomic E-state index is -0.361. The van der Waals surface area contributed by atoms with Crippen LogP contribution in [0.4, 0.5) is 11.4 Å². The van der Waals surface area contributed by atoms with Crippen molar-refractivity contribution in [2.75, 3.05) is 31.1 Å². The molecular formula is C18H20N6O3. The van der Waals surface area contributed by atoms with Gasteiger partial charge in [0.15, 0.2) is 5.82 Å². The van der Waals surface area contributed by atoms with Crippen molar-refractivity contribution in [2.45, 2.75) is 19.9 Å². The third kappa shape index (κ3) is 3.21. The highest BCUT2D eigenvalue weighted by Gasteiger charge is 2.27. The summed E-state index contributed by atoms with van der Waals surface area (Å²) >= 11 is 0. The maximum Gasteiger partial charge on any atom is 0.278 e. The van der Waals surface area contributed by atoms with Gasteiger partial charge in [-0.05, 0) is 26.0 Å². The van der Waals surface area contributed by atoms with Crippen LogP contribution in [0.1, 0.15) is 24.7 Å². The Bertz CT molecular complexity index is 980. The number of aromatic nitrogens is 3. The van der Waals surface area contributed by atoms with E-state index >= 15 is 0 Å². The van der Waals surface area contributed by atoms with Crippen LogP contribution in [0, 0.1) is 17.0 Å². The molecule has 3 aromatic rings. The van der Waals surface area contributed by atoms with E-state index in [1.807, 2.05) is 19.1 Å². The fourth-order valence-electron chi connectivity index (χ4n) is 3.58. The highest BCUT2D eigenvalue weighted by atomic mass is 16.6. The molecule has 0 N–H and O–H groups in total. The number of hydrogen-bond donors (Lipinski definition) is 0. The molecule has 9 nitrogen and oxygen atoms in total. The SMILES string of the molecule is Cc1noc(C(C)N2CCN(c3ccc([N+](=O)[O-])c4cnccc34)CC2)n1. The first-order chi connectivity index (χ1) is 13.0. The topological polar surface area (TPSA) is 101 Å². The van der Waals surface area contributed by atoms with Crippen LogP contribution in [-0.4, -0.2) is 51.1 Å². The molecule has 9 heteroatoms. The van der Waals surface area contributed by atoms with Gasteiger partial charge in [-0.1, -0.05) is 5.16 Å². The Kier molecular flexibility index (Phi) is 4.44. The fraction of sp³-hybridized carbons (Fsp3) is 0.389. The first-order valence-electron chi connectivity index (χ1n) is 8.85. The zero-order valence-electron chi connectivity index (χ0n) is 15.2. The van der Waals surface area contributed by atoms with Gasteiger partial charge in [0.2, 0.25) is 5.89 Å². The zero-order chi connectivity index (χ0) is 19.0. The second-order valence-corrected chi connectivity index (χ2v) is 6.66.